The Bertz CT molecular complexity index is 700. The van der Waals surface area contributed by atoms with Gasteiger partial charge in [-0.2, -0.15) is 0 Å². The van der Waals surface area contributed by atoms with Crippen LogP contribution in [0.2, 0.25) is 0 Å². The molecule has 1 unspecified atom stereocenters. The van der Waals surface area contributed by atoms with Crippen LogP contribution >= 0.6 is 0 Å². The van der Waals surface area contributed by atoms with Crippen molar-refractivity contribution in [1.82, 2.24) is 15.0 Å². The lowest BCUT2D eigenvalue weighted by atomic mass is 10.1. The maximum Gasteiger partial charge on any atom is 0.259 e. The molecule has 0 spiro atoms. The number of aromatic nitrogens is 2. The van der Waals surface area contributed by atoms with E-state index in [4.69, 9.17) is 4.52 Å². The molecule has 2 aromatic heterocycles. The van der Waals surface area contributed by atoms with Crippen LogP contribution in [0.1, 0.15) is 34.7 Å². The summed E-state index contributed by atoms with van der Waals surface area (Å²) in [5, 5.41) is 14.2. The Labute approximate surface area is 134 Å². The number of carbonyl (C=O) groups is 1. The summed E-state index contributed by atoms with van der Waals surface area (Å²) in [6.45, 7) is 2.37. The number of rotatable bonds is 5. The average molecular weight is 316 g/mol. The van der Waals surface area contributed by atoms with E-state index in [-0.39, 0.29) is 5.91 Å². The smallest absolute Gasteiger partial charge is 0.259 e. The fourth-order valence-electron chi connectivity index (χ4n) is 2.77. The summed E-state index contributed by atoms with van der Waals surface area (Å²) in [6, 6.07) is 3.60. The van der Waals surface area contributed by atoms with Crippen molar-refractivity contribution in [2.75, 3.05) is 18.5 Å². The van der Waals surface area contributed by atoms with Gasteiger partial charge >= 0.3 is 0 Å². The Kier molecular flexibility index (Phi) is 4.29. The Morgan fingerprint density at radius 1 is 1.39 bits per heavy atom. The van der Waals surface area contributed by atoms with Gasteiger partial charge in [-0.3, -0.25) is 14.7 Å². The number of unbranched alkanes of at least 4 members (excludes halogenated alkanes) is 1. The van der Waals surface area contributed by atoms with Gasteiger partial charge in [-0.1, -0.05) is 5.16 Å². The standard InChI is InChI=1S/C16H20N4O3/c1-11-9-12(23-18-11)5-3-4-8-20-15(21)13-6-7-17-10-14(13)19(2)16(20)22/h6-7,9-10,16,22H,3-5,8H2,1-2H3. The Morgan fingerprint density at radius 3 is 2.96 bits per heavy atom. The highest BCUT2D eigenvalue weighted by Crippen LogP contribution is 2.28. The van der Waals surface area contributed by atoms with Crippen LogP contribution in [0.25, 0.3) is 0 Å². The van der Waals surface area contributed by atoms with Gasteiger partial charge in [0.1, 0.15) is 5.76 Å². The summed E-state index contributed by atoms with van der Waals surface area (Å²) >= 11 is 0. The van der Waals surface area contributed by atoms with E-state index in [9.17, 15) is 9.90 Å². The molecule has 3 rings (SSSR count). The fourth-order valence-corrected chi connectivity index (χ4v) is 2.77. The highest BCUT2D eigenvalue weighted by molar-refractivity contribution is 6.01. The first-order valence-electron chi connectivity index (χ1n) is 7.66. The number of aliphatic hydroxyl groups excluding tert-OH is 1. The number of amides is 1. The molecule has 0 aromatic carbocycles. The number of pyridine rings is 1. The van der Waals surface area contributed by atoms with Gasteiger partial charge in [0.25, 0.3) is 5.91 Å². The van der Waals surface area contributed by atoms with Crippen LogP contribution in [-0.2, 0) is 6.42 Å². The summed E-state index contributed by atoms with van der Waals surface area (Å²) in [6.07, 6.45) is 4.63. The number of carbonyl (C=O) groups excluding carboxylic acids is 1. The minimum absolute atomic E-state index is 0.163. The lowest BCUT2D eigenvalue weighted by molar-refractivity contribution is 0.00363. The largest absolute Gasteiger partial charge is 0.361 e. The van der Waals surface area contributed by atoms with Crippen molar-refractivity contribution in [1.29, 1.82) is 0 Å². The molecule has 1 atom stereocenters. The van der Waals surface area contributed by atoms with Gasteiger partial charge in [0.15, 0.2) is 0 Å². The van der Waals surface area contributed by atoms with E-state index < -0.39 is 6.35 Å². The van der Waals surface area contributed by atoms with E-state index in [1.807, 2.05) is 13.0 Å². The van der Waals surface area contributed by atoms with Gasteiger partial charge in [0.2, 0.25) is 6.35 Å². The quantitative estimate of drug-likeness (QED) is 0.843. The zero-order valence-corrected chi connectivity index (χ0v) is 13.3. The molecule has 0 bridgehead atoms. The first-order valence-corrected chi connectivity index (χ1v) is 7.66. The second-order valence-electron chi connectivity index (χ2n) is 5.74. The molecule has 1 amide bonds. The molecule has 7 nitrogen and oxygen atoms in total. The molecule has 0 fully saturated rings. The third-order valence-electron chi connectivity index (χ3n) is 4.05. The summed E-state index contributed by atoms with van der Waals surface area (Å²) in [7, 11) is 1.75. The lowest BCUT2D eigenvalue weighted by Gasteiger charge is -2.40. The van der Waals surface area contributed by atoms with Crippen molar-refractivity contribution in [3.05, 3.63) is 41.5 Å². The van der Waals surface area contributed by atoms with Gasteiger partial charge < -0.3 is 14.5 Å². The Morgan fingerprint density at radius 2 is 2.22 bits per heavy atom. The van der Waals surface area contributed by atoms with Gasteiger partial charge in [-0.15, -0.1) is 0 Å². The van der Waals surface area contributed by atoms with Crippen molar-refractivity contribution in [3.8, 4) is 0 Å². The predicted molar refractivity (Wildman–Crippen MR) is 83.9 cm³/mol. The van der Waals surface area contributed by atoms with E-state index in [1.54, 1.807) is 30.4 Å². The highest BCUT2D eigenvalue weighted by Gasteiger charge is 2.34. The van der Waals surface area contributed by atoms with Gasteiger partial charge in [-0.25, -0.2) is 0 Å². The normalized spacial score (nSPS) is 17.5. The lowest BCUT2D eigenvalue weighted by Crippen LogP contribution is -2.54. The van der Waals surface area contributed by atoms with Crippen LogP contribution in [0.3, 0.4) is 0 Å². The van der Waals surface area contributed by atoms with Crippen molar-refractivity contribution < 1.29 is 14.4 Å². The molecule has 1 N–H and O–H groups in total. The van der Waals surface area contributed by atoms with Crippen LogP contribution in [0.4, 0.5) is 5.69 Å². The molecule has 3 heterocycles. The second-order valence-corrected chi connectivity index (χ2v) is 5.74. The van der Waals surface area contributed by atoms with Gasteiger partial charge in [0.05, 0.1) is 23.1 Å². The monoisotopic (exact) mass is 316 g/mol. The van der Waals surface area contributed by atoms with E-state index >= 15 is 0 Å². The van der Waals surface area contributed by atoms with Crippen LogP contribution in [-0.4, -0.2) is 46.0 Å². The maximum absolute atomic E-state index is 12.5. The minimum atomic E-state index is -0.966. The number of hydrogen-bond acceptors (Lipinski definition) is 6. The third-order valence-corrected chi connectivity index (χ3v) is 4.05. The van der Waals surface area contributed by atoms with Crippen LogP contribution < -0.4 is 4.90 Å². The number of anilines is 1. The van der Waals surface area contributed by atoms with Crippen LogP contribution in [0.15, 0.2) is 29.0 Å². The van der Waals surface area contributed by atoms with Crippen molar-refractivity contribution in [3.63, 3.8) is 0 Å². The maximum atomic E-state index is 12.5. The second kappa shape index (κ2) is 6.37. The minimum Gasteiger partial charge on any atom is -0.361 e. The Hall–Kier alpha value is -2.41. The molecule has 0 saturated carbocycles. The number of fused-ring (bicyclic) bond motifs is 1. The fraction of sp³-hybridized carbons (Fsp3) is 0.438. The molecule has 1 aliphatic heterocycles. The van der Waals surface area contributed by atoms with Crippen LogP contribution in [0, 0.1) is 6.92 Å². The van der Waals surface area contributed by atoms with Crippen LogP contribution in [0.5, 0.6) is 0 Å². The summed E-state index contributed by atoms with van der Waals surface area (Å²) < 4.78 is 5.17. The van der Waals surface area contributed by atoms with E-state index in [2.05, 4.69) is 10.1 Å². The molecule has 1 aliphatic rings. The molecule has 0 saturated heterocycles. The predicted octanol–water partition coefficient (Wildman–Crippen LogP) is 1.57. The zero-order valence-electron chi connectivity index (χ0n) is 13.3. The molecule has 0 aliphatic carbocycles. The first kappa shape index (κ1) is 15.5. The molecule has 23 heavy (non-hydrogen) atoms. The number of aryl methyl sites for hydroxylation is 2. The Balaban J connectivity index is 1.60. The third kappa shape index (κ3) is 3.05. The molecule has 0 radical (unpaired) electrons. The number of hydrogen-bond donors (Lipinski definition) is 1. The molecular weight excluding hydrogens is 296 g/mol. The SMILES string of the molecule is Cc1cc(CCCCN2C(=O)c3ccncc3N(C)C2O)on1. The van der Waals surface area contributed by atoms with Gasteiger partial charge in [-0.05, 0) is 25.8 Å². The molecular formula is C16H20N4O3. The highest BCUT2D eigenvalue weighted by atomic mass is 16.5. The topological polar surface area (TPSA) is 82.7 Å². The zero-order chi connectivity index (χ0) is 16.4. The van der Waals surface area contributed by atoms with E-state index in [0.717, 1.165) is 30.7 Å². The van der Waals surface area contributed by atoms with E-state index in [0.29, 0.717) is 17.8 Å². The van der Waals surface area contributed by atoms with Gasteiger partial charge in [0, 0.05) is 32.3 Å². The number of aliphatic hydroxyl groups is 1. The first-order chi connectivity index (χ1) is 11.1. The summed E-state index contributed by atoms with van der Waals surface area (Å²) in [5.74, 6) is 0.685. The summed E-state index contributed by atoms with van der Waals surface area (Å²) in [4.78, 5) is 19.7. The summed E-state index contributed by atoms with van der Waals surface area (Å²) in [5.41, 5.74) is 2.09. The molecule has 122 valence electrons. The van der Waals surface area contributed by atoms with Crippen molar-refractivity contribution in [2.45, 2.75) is 32.5 Å². The molecule has 2 aromatic rings. The molecule has 7 heteroatoms. The number of nitrogens with zero attached hydrogens (tertiary/aromatic N) is 4. The average Bonchev–Trinajstić information content (AvgIpc) is 2.97. The van der Waals surface area contributed by atoms with Crippen molar-refractivity contribution >= 4 is 11.6 Å². The van der Waals surface area contributed by atoms with Crippen molar-refractivity contribution in [2.24, 2.45) is 0 Å². The van der Waals surface area contributed by atoms with E-state index in [1.165, 1.54) is 4.90 Å².